The van der Waals surface area contributed by atoms with E-state index >= 15 is 0 Å². The number of amides is 2. The average molecular weight is 266 g/mol. The summed E-state index contributed by atoms with van der Waals surface area (Å²) < 4.78 is 10.3. The van der Waals surface area contributed by atoms with Crippen molar-refractivity contribution >= 4 is 6.03 Å². The molecule has 1 aromatic heterocycles. The number of carbonyl (C=O) groups excluding carboxylic acids is 1. The number of methoxy groups -OCH3 is 1. The SMILES string of the molecule is COCCNC(=O)N(Cc1ccco1)C1CCCC1. The maximum Gasteiger partial charge on any atom is 0.318 e. The molecule has 2 amide bonds. The van der Waals surface area contributed by atoms with Gasteiger partial charge in [0.05, 0.1) is 19.4 Å². The zero-order chi connectivity index (χ0) is 13.5. The highest BCUT2D eigenvalue weighted by Crippen LogP contribution is 2.25. The normalized spacial score (nSPS) is 15.6. The Morgan fingerprint density at radius 3 is 2.95 bits per heavy atom. The Morgan fingerprint density at radius 1 is 1.53 bits per heavy atom. The average Bonchev–Trinajstić information content (AvgIpc) is 3.09. The van der Waals surface area contributed by atoms with Crippen LogP contribution in [0.4, 0.5) is 4.79 Å². The first-order valence-electron chi connectivity index (χ1n) is 6.87. The smallest absolute Gasteiger partial charge is 0.318 e. The Morgan fingerprint density at radius 2 is 2.32 bits per heavy atom. The predicted octanol–water partition coefficient (Wildman–Crippen LogP) is 2.38. The van der Waals surface area contributed by atoms with E-state index in [1.807, 2.05) is 17.0 Å². The Balaban J connectivity index is 1.94. The van der Waals surface area contributed by atoms with Crippen molar-refractivity contribution in [3.63, 3.8) is 0 Å². The van der Waals surface area contributed by atoms with Crippen LogP contribution in [0.3, 0.4) is 0 Å². The Kier molecular flexibility index (Phi) is 5.27. The summed E-state index contributed by atoms with van der Waals surface area (Å²) in [6, 6.07) is 4.06. The summed E-state index contributed by atoms with van der Waals surface area (Å²) in [7, 11) is 1.63. The van der Waals surface area contributed by atoms with Gasteiger partial charge in [-0.05, 0) is 25.0 Å². The molecule has 1 fully saturated rings. The fraction of sp³-hybridized carbons (Fsp3) is 0.643. The van der Waals surface area contributed by atoms with Crippen LogP contribution >= 0.6 is 0 Å². The molecule has 0 atom stereocenters. The van der Waals surface area contributed by atoms with E-state index in [1.165, 1.54) is 12.8 Å². The highest BCUT2D eigenvalue weighted by Gasteiger charge is 2.27. The molecule has 106 valence electrons. The van der Waals surface area contributed by atoms with Crippen LogP contribution in [0, 0.1) is 0 Å². The van der Waals surface area contributed by atoms with Crippen molar-refractivity contribution in [3.8, 4) is 0 Å². The minimum absolute atomic E-state index is 0.0275. The zero-order valence-electron chi connectivity index (χ0n) is 11.4. The number of hydrogen-bond donors (Lipinski definition) is 1. The first kappa shape index (κ1) is 13.9. The summed E-state index contributed by atoms with van der Waals surface area (Å²) >= 11 is 0. The van der Waals surface area contributed by atoms with Gasteiger partial charge in [-0.15, -0.1) is 0 Å². The van der Waals surface area contributed by atoms with Gasteiger partial charge in [0.2, 0.25) is 0 Å². The fourth-order valence-corrected chi connectivity index (χ4v) is 2.51. The minimum atomic E-state index is -0.0275. The van der Waals surface area contributed by atoms with Gasteiger partial charge in [-0.1, -0.05) is 12.8 Å². The van der Waals surface area contributed by atoms with E-state index in [4.69, 9.17) is 9.15 Å². The third-order valence-electron chi connectivity index (χ3n) is 3.52. The molecule has 5 nitrogen and oxygen atoms in total. The molecular weight excluding hydrogens is 244 g/mol. The molecule has 0 spiro atoms. The summed E-state index contributed by atoms with van der Waals surface area (Å²) in [5.74, 6) is 0.828. The molecule has 0 bridgehead atoms. The molecule has 0 unspecified atom stereocenters. The number of ether oxygens (including phenoxy) is 1. The van der Waals surface area contributed by atoms with E-state index < -0.39 is 0 Å². The van der Waals surface area contributed by atoms with Gasteiger partial charge in [-0.25, -0.2) is 4.79 Å². The highest BCUT2D eigenvalue weighted by atomic mass is 16.5. The lowest BCUT2D eigenvalue weighted by Gasteiger charge is -2.28. The number of furan rings is 1. The largest absolute Gasteiger partial charge is 0.467 e. The number of nitrogens with zero attached hydrogens (tertiary/aromatic N) is 1. The molecule has 19 heavy (non-hydrogen) atoms. The fourth-order valence-electron chi connectivity index (χ4n) is 2.51. The van der Waals surface area contributed by atoms with E-state index in [2.05, 4.69) is 5.32 Å². The van der Waals surface area contributed by atoms with Gasteiger partial charge in [0.1, 0.15) is 5.76 Å². The molecule has 0 radical (unpaired) electrons. The molecule has 1 heterocycles. The second-order valence-corrected chi connectivity index (χ2v) is 4.87. The van der Waals surface area contributed by atoms with Crippen LogP contribution in [0.15, 0.2) is 22.8 Å². The van der Waals surface area contributed by atoms with E-state index in [9.17, 15) is 4.79 Å². The van der Waals surface area contributed by atoms with Crippen LogP contribution < -0.4 is 5.32 Å². The molecule has 0 saturated heterocycles. The Hall–Kier alpha value is -1.49. The van der Waals surface area contributed by atoms with Gasteiger partial charge in [-0.2, -0.15) is 0 Å². The number of carbonyl (C=O) groups is 1. The predicted molar refractivity (Wildman–Crippen MR) is 71.8 cm³/mol. The Bertz CT molecular complexity index is 372. The number of urea groups is 1. The number of nitrogens with one attached hydrogen (secondary N) is 1. The van der Waals surface area contributed by atoms with Gasteiger partial charge in [-0.3, -0.25) is 0 Å². The van der Waals surface area contributed by atoms with Gasteiger partial charge in [0.15, 0.2) is 0 Å². The van der Waals surface area contributed by atoms with Gasteiger partial charge >= 0.3 is 6.03 Å². The van der Waals surface area contributed by atoms with Crippen LogP contribution in [0.5, 0.6) is 0 Å². The molecule has 1 aliphatic rings. The molecular formula is C14H22N2O3. The molecule has 1 saturated carbocycles. The summed E-state index contributed by atoms with van der Waals surface area (Å²) in [6.07, 6.45) is 6.21. The minimum Gasteiger partial charge on any atom is -0.467 e. The number of rotatable bonds is 6. The van der Waals surface area contributed by atoms with E-state index in [0.29, 0.717) is 25.7 Å². The molecule has 1 N–H and O–H groups in total. The maximum absolute atomic E-state index is 12.2. The lowest BCUT2D eigenvalue weighted by atomic mass is 10.2. The van der Waals surface area contributed by atoms with Crippen LogP contribution in [0.1, 0.15) is 31.4 Å². The van der Waals surface area contributed by atoms with Crippen molar-refractivity contribution in [2.75, 3.05) is 20.3 Å². The Labute approximate surface area is 113 Å². The van der Waals surface area contributed by atoms with E-state index in [0.717, 1.165) is 18.6 Å². The summed E-state index contributed by atoms with van der Waals surface area (Å²) in [5.41, 5.74) is 0. The second kappa shape index (κ2) is 7.19. The quantitative estimate of drug-likeness (QED) is 0.804. The zero-order valence-corrected chi connectivity index (χ0v) is 11.4. The standard InChI is InChI=1S/C14H22N2O3/c1-18-10-8-15-14(17)16(12-5-2-3-6-12)11-13-7-4-9-19-13/h4,7,9,12H,2-3,5-6,8,10-11H2,1H3,(H,15,17). The second-order valence-electron chi connectivity index (χ2n) is 4.87. The lowest BCUT2D eigenvalue weighted by Crippen LogP contribution is -2.45. The molecule has 1 aromatic rings. The van der Waals surface area contributed by atoms with Crippen LogP contribution in [0.2, 0.25) is 0 Å². The third kappa shape index (κ3) is 3.99. The highest BCUT2D eigenvalue weighted by molar-refractivity contribution is 5.74. The van der Waals surface area contributed by atoms with Crippen molar-refractivity contribution in [3.05, 3.63) is 24.2 Å². The molecule has 5 heteroatoms. The van der Waals surface area contributed by atoms with Crippen molar-refractivity contribution in [2.45, 2.75) is 38.3 Å². The number of hydrogen-bond acceptors (Lipinski definition) is 3. The topological polar surface area (TPSA) is 54.7 Å². The first-order chi connectivity index (χ1) is 9.31. The molecule has 0 aromatic carbocycles. The molecule has 2 rings (SSSR count). The van der Waals surface area contributed by atoms with Crippen molar-refractivity contribution < 1.29 is 13.9 Å². The monoisotopic (exact) mass is 266 g/mol. The van der Waals surface area contributed by atoms with Crippen LogP contribution in [-0.2, 0) is 11.3 Å². The lowest BCUT2D eigenvalue weighted by molar-refractivity contribution is 0.156. The summed E-state index contributed by atoms with van der Waals surface area (Å²) in [4.78, 5) is 14.1. The van der Waals surface area contributed by atoms with Gasteiger partial charge in [0, 0.05) is 19.7 Å². The van der Waals surface area contributed by atoms with Crippen molar-refractivity contribution in [1.29, 1.82) is 0 Å². The summed E-state index contributed by atoms with van der Waals surface area (Å²) in [6.45, 7) is 1.61. The first-order valence-corrected chi connectivity index (χ1v) is 6.87. The van der Waals surface area contributed by atoms with Crippen LogP contribution in [-0.4, -0.2) is 37.2 Å². The van der Waals surface area contributed by atoms with Gasteiger partial charge in [0.25, 0.3) is 0 Å². The molecule has 0 aliphatic heterocycles. The van der Waals surface area contributed by atoms with Crippen LogP contribution in [0.25, 0.3) is 0 Å². The van der Waals surface area contributed by atoms with Gasteiger partial charge < -0.3 is 19.4 Å². The molecule has 1 aliphatic carbocycles. The summed E-state index contributed by atoms with van der Waals surface area (Å²) in [5, 5.41) is 2.89. The third-order valence-corrected chi connectivity index (χ3v) is 3.52. The maximum atomic E-state index is 12.2. The van der Waals surface area contributed by atoms with E-state index in [1.54, 1.807) is 13.4 Å². The van der Waals surface area contributed by atoms with Crippen molar-refractivity contribution in [1.82, 2.24) is 10.2 Å². The van der Waals surface area contributed by atoms with E-state index in [-0.39, 0.29) is 6.03 Å². The van der Waals surface area contributed by atoms with Crippen molar-refractivity contribution in [2.24, 2.45) is 0 Å².